The van der Waals surface area contributed by atoms with Gasteiger partial charge < -0.3 is 19.3 Å². The average Bonchev–Trinajstić information content (AvgIpc) is 3.11. The Morgan fingerprint density at radius 3 is 2.67 bits per heavy atom. The minimum absolute atomic E-state index is 0.0195. The smallest absolute Gasteiger partial charge is 0.288 e. The fraction of sp³-hybridized carbons (Fsp3) is 0.364. The number of methoxy groups -OCH3 is 2. The molecule has 4 rings (SSSR count). The Morgan fingerprint density at radius 1 is 1.18 bits per heavy atom. The van der Waals surface area contributed by atoms with Crippen LogP contribution in [0.15, 0.2) is 50.8 Å². The van der Waals surface area contributed by atoms with E-state index in [2.05, 4.69) is 14.4 Å². The van der Waals surface area contributed by atoms with E-state index in [4.69, 9.17) is 14.2 Å². The van der Waals surface area contributed by atoms with Crippen LogP contribution in [0, 0.1) is 0 Å². The number of nitrogens with zero attached hydrogens (tertiary/aromatic N) is 4. The topological polar surface area (TPSA) is 113 Å². The zero-order valence-corrected chi connectivity index (χ0v) is 19.3. The number of phenolic OH excluding ortho intramolecular Hbond substituents is 1. The van der Waals surface area contributed by atoms with E-state index in [1.807, 2.05) is 0 Å². The van der Waals surface area contributed by atoms with Gasteiger partial charge in [-0.15, -0.1) is 4.40 Å². The number of aromatic hydroxyl groups is 1. The van der Waals surface area contributed by atoms with Crippen molar-refractivity contribution in [2.24, 2.45) is 9.50 Å². The number of morpholine rings is 1. The Kier molecular flexibility index (Phi) is 6.82. The van der Waals surface area contributed by atoms with Crippen molar-refractivity contribution in [3.05, 3.63) is 47.5 Å². The second kappa shape index (κ2) is 9.77. The molecule has 0 spiro atoms. The quantitative estimate of drug-likeness (QED) is 0.475. The van der Waals surface area contributed by atoms with E-state index < -0.39 is 10.0 Å². The Bertz CT molecular complexity index is 1180. The zero-order valence-electron chi connectivity index (χ0n) is 18.5. The van der Waals surface area contributed by atoms with Gasteiger partial charge in [0.05, 0.1) is 40.2 Å². The Labute approximate surface area is 192 Å². The zero-order chi connectivity index (χ0) is 23.4. The number of ether oxygens (including phenoxy) is 3. The van der Waals surface area contributed by atoms with Gasteiger partial charge in [0, 0.05) is 25.2 Å². The fourth-order valence-corrected chi connectivity index (χ4v) is 5.06. The normalized spacial score (nSPS) is 17.6. The van der Waals surface area contributed by atoms with Crippen LogP contribution in [0.1, 0.15) is 11.1 Å². The monoisotopic (exact) mass is 474 g/mol. The Hall–Kier alpha value is -3.15. The van der Waals surface area contributed by atoms with Crippen LogP contribution < -0.4 is 9.47 Å². The molecule has 0 bridgehead atoms. The lowest BCUT2D eigenvalue weighted by molar-refractivity contribution is 0.0360. The van der Waals surface area contributed by atoms with E-state index in [1.54, 1.807) is 41.6 Å². The van der Waals surface area contributed by atoms with Crippen molar-refractivity contribution in [2.75, 3.05) is 53.6 Å². The third-order valence-electron chi connectivity index (χ3n) is 5.43. The highest BCUT2D eigenvalue weighted by atomic mass is 32.2. The maximum Gasteiger partial charge on any atom is 0.288 e. The van der Waals surface area contributed by atoms with Gasteiger partial charge in [-0.3, -0.25) is 4.90 Å². The summed E-state index contributed by atoms with van der Waals surface area (Å²) in [6.07, 6.45) is 1.58. The fourth-order valence-electron chi connectivity index (χ4n) is 3.70. The summed E-state index contributed by atoms with van der Waals surface area (Å²) in [6.45, 7) is 3.97. The third-order valence-corrected chi connectivity index (χ3v) is 6.78. The number of fused-ring (bicyclic) bond motifs is 1. The first-order chi connectivity index (χ1) is 15.9. The second-order valence-electron chi connectivity index (χ2n) is 7.48. The maximum absolute atomic E-state index is 12.8. The second-order valence-corrected chi connectivity index (χ2v) is 9.02. The molecule has 0 aromatic heterocycles. The molecule has 2 heterocycles. The first-order valence-electron chi connectivity index (χ1n) is 10.4. The van der Waals surface area contributed by atoms with Gasteiger partial charge in [-0.1, -0.05) is 6.07 Å². The highest BCUT2D eigenvalue weighted by Gasteiger charge is 2.35. The average molecular weight is 475 g/mol. The molecule has 33 heavy (non-hydrogen) atoms. The number of amidine groups is 1. The summed E-state index contributed by atoms with van der Waals surface area (Å²) in [5.41, 5.74) is 1.12. The van der Waals surface area contributed by atoms with Crippen molar-refractivity contribution >= 4 is 22.1 Å². The lowest BCUT2D eigenvalue weighted by atomic mass is 10.2. The number of phenols is 1. The molecule has 2 aromatic rings. The van der Waals surface area contributed by atoms with Crippen LogP contribution in [-0.4, -0.2) is 89.1 Å². The standard InChI is InChI=1S/C22H26N4O6S/c1-30-19-5-3-4-17-21(19)33(28,29)24-22(17)26(9-8-25-10-12-32-13-11-25)23-15-16-6-7-18(27)20(14-16)31-2/h3-7,14-15,27H,8-13H2,1-2H3/b23-15+. The number of hydrazone groups is 1. The van der Waals surface area contributed by atoms with Gasteiger partial charge in [0.25, 0.3) is 10.0 Å². The molecule has 176 valence electrons. The molecule has 0 unspecified atom stereocenters. The van der Waals surface area contributed by atoms with Crippen LogP contribution in [0.2, 0.25) is 0 Å². The van der Waals surface area contributed by atoms with E-state index in [-0.39, 0.29) is 22.2 Å². The van der Waals surface area contributed by atoms with E-state index in [0.717, 1.165) is 13.1 Å². The molecule has 0 amide bonds. The summed E-state index contributed by atoms with van der Waals surface area (Å²) in [4.78, 5) is 2.27. The van der Waals surface area contributed by atoms with Gasteiger partial charge in [0.15, 0.2) is 17.3 Å². The van der Waals surface area contributed by atoms with Crippen molar-refractivity contribution in [1.82, 2.24) is 9.91 Å². The van der Waals surface area contributed by atoms with E-state index in [1.165, 1.54) is 20.3 Å². The summed E-state index contributed by atoms with van der Waals surface area (Å²) in [5.74, 6) is 0.812. The van der Waals surface area contributed by atoms with Crippen LogP contribution in [-0.2, 0) is 14.8 Å². The van der Waals surface area contributed by atoms with Gasteiger partial charge in [0.1, 0.15) is 10.6 Å². The summed E-state index contributed by atoms with van der Waals surface area (Å²) in [6, 6.07) is 9.86. The molecule has 0 atom stereocenters. The molecule has 2 aliphatic rings. The molecule has 1 N–H and O–H groups in total. The lowest BCUT2D eigenvalue weighted by Crippen LogP contribution is -2.41. The van der Waals surface area contributed by atoms with E-state index in [0.29, 0.717) is 43.2 Å². The minimum Gasteiger partial charge on any atom is -0.504 e. The molecule has 2 aliphatic heterocycles. The summed E-state index contributed by atoms with van der Waals surface area (Å²) < 4.78 is 45.5. The van der Waals surface area contributed by atoms with Gasteiger partial charge in [-0.2, -0.15) is 13.5 Å². The molecule has 11 heteroatoms. The van der Waals surface area contributed by atoms with Crippen LogP contribution in [0.25, 0.3) is 0 Å². The predicted molar refractivity (Wildman–Crippen MR) is 123 cm³/mol. The molecule has 2 aromatic carbocycles. The summed E-state index contributed by atoms with van der Waals surface area (Å²) in [5, 5.41) is 16.0. The SMILES string of the molecule is COc1cc(/C=N/N(CCN2CCOCC2)C2=NS(=O)(=O)c3c(OC)cccc32)ccc1O. The summed E-state index contributed by atoms with van der Waals surface area (Å²) >= 11 is 0. The number of hydrogen-bond donors (Lipinski definition) is 1. The molecule has 0 aliphatic carbocycles. The molecule has 10 nitrogen and oxygen atoms in total. The first-order valence-corrected chi connectivity index (χ1v) is 11.9. The van der Waals surface area contributed by atoms with Crippen molar-refractivity contribution < 1.29 is 27.7 Å². The Balaban J connectivity index is 1.68. The van der Waals surface area contributed by atoms with Gasteiger partial charge in [0.2, 0.25) is 0 Å². The molecular weight excluding hydrogens is 448 g/mol. The Morgan fingerprint density at radius 2 is 1.94 bits per heavy atom. The van der Waals surface area contributed by atoms with Crippen molar-refractivity contribution in [1.29, 1.82) is 0 Å². The highest BCUT2D eigenvalue weighted by Crippen LogP contribution is 2.35. The van der Waals surface area contributed by atoms with Gasteiger partial charge in [-0.25, -0.2) is 5.01 Å². The van der Waals surface area contributed by atoms with Crippen LogP contribution in [0.3, 0.4) is 0 Å². The van der Waals surface area contributed by atoms with Crippen molar-refractivity contribution in [2.45, 2.75) is 4.90 Å². The lowest BCUT2D eigenvalue weighted by Gasteiger charge is -2.28. The number of hydrogen-bond acceptors (Lipinski definition) is 9. The minimum atomic E-state index is -3.92. The van der Waals surface area contributed by atoms with Crippen molar-refractivity contribution in [3.63, 3.8) is 0 Å². The number of benzene rings is 2. The van der Waals surface area contributed by atoms with Crippen molar-refractivity contribution in [3.8, 4) is 17.2 Å². The van der Waals surface area contributed by atoms with Crippen LogP contribution in [0.4, 0.5) is 0 Å². The van der Waals surface area contributed by atoms with E-state index >= 15 is 0 Å². The van der Waals surface area contributed by atoms with Gasteiger partial charge in [-0.05, 0) is 35.9 Å². The molecule has 0 radical (unpaired) electrons. The summed E-state index contributed by atoms with van der Waals surface area (Å²) in [7, 11) is -1.03. The van der Waals surface area contributed by atoms with Crippen LogP contribution >= 0.6 is 0 Å². The number of sulfonamides is 1. The molecular formula is C22H26N4O6S. The maximum atomic E-state index is 12.8. The molecule has 1 saturated heterocycles. The predicted octanol–water partition coefficient (Wildman–Crippen LogP) is 1.53. The van der Waals surface area contributed by atoms with Crippen LogP contribution in [0.5, 0.6) is 17.2 Å². The largest absolute Gasteiger partial charge is 0.504 e. The number of rotatable bonds is 7. The highest BCUT2D eigenvalue weighted by molar-refractivity contribution is 7.90. The van der Waals surface area contributed by atoms with Gasteiger partial charge >= 0.3 is 0 Å². The molecule has 0 saturated carbocycles. The first kappa shape index (κ1) is 23.0. The van der Waals surface area contributed by atoms with E-state index in [9.17, 15) is 13.5 Å². The third kappa shape index (κ3) is 4.95. The molecule has 1 fully saturated rings.